The summed E-state index contributed by atoms with van der Waals surface area (Å²) in [6.45, 7) is 3.49. The van der Waals surface area contributed by atoms with Crippen molar-refractivity contribution in [3.63, 3.8) is 0 Å². The van der Waals surface area contributed by atoms with Gasteiger partial charge in [-0.3, -0.25) is 0 Å². The minimum Gasteiger partial charge on any atom is -0.497 e. The molecule has 1 aliphatic carbocycles. The average Bonchev–Trinajstić information content (AvgIpc) is 3.18. The SMILES string of the molecule is COc1cccc(CCC(C)CNC2CC2)c1. The summed E-state index contributed by atoms with van der Waals surface area (Å²) in [5, 5.41) is 3.59. The molecule has 0 aliphatic heterocycles. The van der Waals surface area contributed by atoms with Crippen LogP contribution >= 0.6 is 0 Å². The van der Waals surface area contributed by atoms with Crippen LogP contribution in [0.4, 0.5) is 0 Å². The summed E-state index contributed by atoms with van der Waals surface area (Å²) >= 11 is 0. The van der Waals surface area contributed by atoms with Gasteiger partial charge in [0.25, 0.3) is 0 Å². The summed E-state index contributed by atoms with van der Waals surface area (Å²) < 4.78 is 5.24. The van der Waals surface area contributed by atoms with E-state index in [4.69, 9.17) is 4.74 Å². The molecule has 0 amide bonds. The molecule has 2 nitrogen and oxygen atoms in total. The molecule has 94 valence electrons. The maximum atomic E-state index is 5.24. The molecular formula is C15H23NO. The van der Waals surface area contributed by atoms with Gasteiger partial charge in [0.15, 0.2) is 0 Å². The second kappa shape index (κ2) is 6.06. The van der Waals surface area contributed by atoms with Gasteiger partial charge in [-0.05, 0) is 55.8 Å². The van der Waals surface area contributed by atoms with Crippen LogP contribution in [0.3, 0.4) is 0 Å². The predicted molar refractivity (Wildman–Crippen MR) is 71.5 cm³/mol. The van der Waals surface area contributed by atoms with E-state index < -0.39 is 0 Å². The zero-order valence-corrected chi connectivity index (χ0v) is 10.9. The summed E-state index contributed by atoms with van der Waals surface area (Å²) in [7, 11) is 1.72. The van der Waals surface area contributed by atoms with Crippen LogP contribution in [0.1, 0.15) is 31.7 Å². The van der Waals surface area contributed by atoms with Crippen molar-refractivity contribution in [1.82, 2.24) is 5.32 Å². The Labute approximate surface area is 104 Å². The lowest BCUT2D eigenvalue weighted by atomic mass is 10.0. The van der Waals surface area contributed by atoms with Crippen molar-refractivity contribution in [2.75, 3.05) is 13.7 Å². The van der Waals surface area contributed by atoms with E-state index in [0.717, 1.165) is 30.7 Å². The second-order valence-electron chi connectivity index (χ2n) is 5.18. The highest BCUT2D eigenvalue weighted by molar-refractivity contribution is 5.28. The fraction of sp³-hybridized carbons (Fsp3) is 0.600. The maximum Gasteiger partial charge on any atom is 0.119 e. The normalized spacial score (nSPS) is 16.8. The highest BCUT2D eigenvalue weighted by Crippen LogP contribution is 2.20. The first-order valence-corrected chi connectivity index (χ1v) is 6.64. The number of methoxy groups -OCH3 is 1. The Balaban J connectivity index is 1.71. The number of benzene rings is 1. The topological polar surface area (TPSA) is 21.3 Å². The predicted octanol–water partition coefficient (Wildman–Crippen LogP) is 3.02. The molecule has 1 N–H and O–H groups in total. The van der Waals surface area contributed by atoms with Crippen LogP contribution in [-0.2, 0) is 6.42 Å². The van der Waals surface area contributed by atoms with Crippen LogP contribution in [0.15, 0.2) is 24.3 Å². The van der Waals surface area contributed by atoms with E-state index in [-0.39, 0.29) is 0 Å². The molecule has 1 aromatic rings. The molecule has 0 spiro atoms. The molecular weight excluding hydrogens is 210 g/mol. The largest absolute Gasteiger partial charge is 0.497 e. The minimum atomic E-state index is 0.752. The van der Waals surface area contributed by atoms with Crippen LogP contribution in [0, 0.1) is 5.92 Å². The number of ether oxygens (including phenoxy) is 1. The highest BCUT2D eigenvalue weighted by atomic mass is 16.5. The van der Waals surface area contributed by atoms with Gasteiger partial charge in [-0.15, -0.1) is 0 Å². The van der Waals surface area contributed by atoms with Crippen molar-refractivity contribution in [3.05, 3.63) is 29.8 Å². The molecule has 1 saturated carbocycles. The van der Waals surface area contributed by atoms with Crippen molar-refractivity contribution in [1.29, 1.82) is 0 Å². The molecule has 17 heavy (non-hydrogen) atoms. The number of aryl methyl sites for hydroxylation is 1. The number of hydrogen-bond donors (Lipinski definition) is 1. The molecule has 1 aliphatic rings. The lowest BCUT2D eigenvalue weighted by molar-refractivity contribution is 0.413. The molecule has 0 bridgehead atoms. The van der Waals surface area contributed by atoms with Crippen LogP contribution < -0.4 is 10.1 Å². The smallest absolute Gasteiger partial charge is 0.119 e. The van der Waals surface area contributed by atoms with Gasteiger partial charge in [0.2, 0.25) is 0 Å². The Kier molecular flexibility index (Phi) is 4.43. The third-order valence-electron chi connectivity index (χ3n) is 3.39. The van der Waals surface area contributed by atoms with Crippen LogP contribution in [0.5, 0.6) is 5.75 Å². The molecule has 0 saturated heterocycles. The van der Waals surface area contributed by atoms with E-state index in [1.54, 1.807) is 7.11 Å². The maximum absolute atomic E-state index is 5.24. The Hall–Kier alpha value is -1.02. The Morgan fingerprint density at radius 3 is 2.94 bits per heavy atom. The van der Waals surface area contributed by atoms with Crippen LogP contribution in [0.2, 0.25) is 0 Å². The van der Waals surface area contributed by atoms with Crippen molar-refractivity contribution in [2.45, 2.75) is 38.6 Å². The van der Waals surface area contributed by atoms with E-state index in [1.165, 1.54) is 24.8 Å². The van der Waals surface area contributed by atoms with Gasteiger partial charge >= 0.3 is 0 Å². The molecule has 1 aromatic carbocycles. The number of rotatable bonds is 7. The van der Waals surface area contributed by atoms with Crippen molar-refractivity contribution >= 4 is 0 Å². The molecule has 2 rings (SSSR count). The quantitative estimate of drug-likeness (QED) is 0.781. The number of hydrogen-bond acceptors (Lipinski definition) is 2. The van der Waals surface area contributed by atoms with Gasteiger partial charge in [-0.1, -0.05) is 19.1 Å². The summed E-state index contributed by atoms with van der Waals surface area (Å²) in [6, 6.07) is 9.22. The molecule has 0 aromatic heterocycles. The summed E-state index contributed by atoms with van der Waals surface area (Å²) in [5.41, 5.74) is 1.38. The molecule has 1 atom stereocenters. The summed E-state index contributed by atoms with van der Waals surface area (Å²) in [5.74, 6) is 1.72. The highest BCUT2D eigenvalue weighted by Gasteiger charge is 2.20. The third-order valence-corrected chi connectivity index (χ3v) is 3.39. The molecule has 2 heteroatoms. The zero-order chi connectivity index (χ0) is 12.1. The minimum absolute atomic E-state index is 0.752. The van der Waals surface area contributed by atoms with Crippen molar-refractivity contribution < 1.29 is 4.74 Å². The van der Waals surface area contributed by atoms with Gasteiger partial charge < -0.3 is 10.1 Å². The Bertz CT molecular complexity index is 347. The third kappa shape index (κ3) is 4.39. The Morgan fingerprint density at radius 1 is 1.41 bits per heavy atom. The van der Waals surface area contributed by atoms with Crippen molar-refractivity contribution in [2.24, 2.45) is 5.92 Å². The fourth-order valence-electron chi connectivity index (χ4n) is 2.00. The molecule has 0 radical (unpaired) electrons. The van der Waals surface area contributed by atoms with Gasteiger partial charge in [0.1, 0.15) is 5.75 Å². The van der Waals surface area contributed by atoms with E-state index in [0.29, 0.717) is 0 Å². The van der Waals surface area contributed by atoms with Gasteiger partial charge in [-0.2, -0.15) is 0 Å². The lowest BCUT2D eigenvalue weighted by Crippen LogP contribution is -2.23. The average molecular weight is 233 g/mol. The molecule has 1 fully saturated rings. The molecule has 0 heterocycles. The van der Waals surface area contributed by atoms with Gasteiger partial charge in [-0.25, -0.2) is 0 Å². The van der Waals surface area contributed by atoms with Crippen molar-refractivity contribution in [3.8, 4) is 5.75 Å². The lowest BCUT2D eigenvalue weighted by Gasteiger charge is -2.12. The van der Waals surface area contributed by atoms with E-state index in [2.05, 4.69) is 30.4 Å². The number of nitrogens with one attached hydrogen (secondary N) is 1. The van der Waals surface area contributed by atoms with Gasteiger partial charge in [0, 0.05) is 6.04 Å². The first-order valence-electron chi connectivity index (χ1n) is 6.64. The van der Waals surface area contributed by atoms with E-state index in [1.807, 2.05) is 6.07 Å². The standard InChI is InChI=1S/C15H23NO/c1-12(11-16-14-8-9-14)6-7-13-4-3-5-15(10-13)17-2/h3-5,10,12,14,16H,6-9,11H2,1-2H3. The second-order valence-corrected chi connectivity index (χ2v) is 5.18. The Morgan fingerprint density at radius 2 is 2.24 bits per heavy atom. The monoisotopic (exact) mass is 233 g/mol. The first-order chi connectivity index (χ1) is 8.28. The van der Waals surface area contributed by atoms with Crippen LogP contribution in [0.25, 0.3) is 0 Å². The first kappa shape index (κ1) is 12.4. The van der Waals surface area contributed by atoms with Crippen LogP contribution in [-0.4, -0.2) is 19.7 Å². The summed E-state index contributed by atoms with van der Waals surface area (Å²) in [6.07, 6.45) is 5.14. The fourth-order valence-corrected chi connectivity index (χ4v) is 2.00. The summed E-state index contributed by atoms with van der Waals surface area (Å²) in [4.78, 5) is 0. The van der Waals surface area contributed by atoms with Gasteiger partial charge in [0.05, 0.1) is 7.11 Å². The molecule has 1 unspecified atom stereocenters. The zero-order valence-electron chi connectivity index (χ0n) is 10.9. The van der Waals surface area contributed by atoms with E-state index in [9.17, 15) is 0 Å². The van der Waals surface area contributed by atoms with E-state index >= 15 is 0 Å².